The number of carbonyl (C=O) groups is 1. The van der Waals surface area contributed by atoms with Crippen LogP contribution in [0, 0.1) is 0 Å². The van der Waals surface area contributed by atoms with Crippen LogP contribution < -0.4 is 15.4 Å². The highest BCUT2D eigenvalue weighted by molar-refractivity contribution is 5.89. The number of hydrogen-bond acceptors (Lipinski definition) is 7. The Morgan fingerprint density at radius 1 is 0.673 bits per heavy atom. The average Bonchev–Trinajstić information content (AvgIpc) is 3.19. The van der Waals surface area contributed by atoms with Crippen molar-refractivity contribution < 1.29 is 24.1 Å². The third-order valence-corrected chi connectivity index (χ3v) is 9.59. The predicted octanol–water partition coefficient (Wildman–Crippen LogP) is 7.66. The predicted molar refractivity (Wildman–Crippen MR) is 202 cm³/mol. The lowest BCUT2D eigenvalue weighted by molar-refractivity contribution is -0.253. The van der Waals surface area contributed by atoms with E-state index in [1.165, 1.54) is 5.56 Å². The smallest absolute Gasteiger partial charge is 0.319 e. The van der Waals surface area contributed by atoms with Gasteiger partial charge in [-0.15, -0.1) is 0 Å². The Balaban J connectivity index is 0.933. The van der Waals surface area contributed by atoms with Gasteiger partial charge in [0, 0.05) is 63.5 Å². The second kappa shape index (κ2) is 17.5. The van der Waals surface area contributed by atoms with E-state index in [1.807, 2.05) is 103 Å². The van der Waals surface area contributed by atoms with Crippen molar-refractivity contribution in [3.63, 3.8) is 0 Å². The Hall–Kier alpha value is -5.03. The normalized spacial score (nSPS) is 19.5. The molecule has 2 saturated heterocycles. The molecule has 0 saturated carbocycles. The van der Waals surface area contributed by atoms with Gasteiger partial charge in [-0.3, -0.25) is 9.80 Å². The maximum Gasteiger partial charge on any atom is 0.319 e. The Kier molecular flexibility index (Phi) is 11.9. The van der Waals surface area contributed by atoms with Crippen molar-refractivity contribution in [2.45, 2.75) is 44.6 Å². The van der Waals surface area contributed by atoms with Crippen LogP contribution in [0.4, 0.5) is 10.5 Å². The van der Waals surface area contributed by atoms with Gasteiger partial charge in [0.05, 0.1) is 18.8 Å². The third-order valence-electron chi connectivity index (χ3n) is 9.59. The van der Waals surface area contributed by atoms with Crippen molar-refractivity contribution in [3.8, 4) is 11.5 Å². The van der Waals surface area contributed by atoms with Gasteiger partial charge in [0.2, 0.25) is 0 Å². The SMILES string of the molecule is O=C(NCc1ccc([C@@H]2O[C@H](CN3CCN(Cc4ccccc4)CC3)C[C@H](c3ccc(CO)cc3)O2)cc1)Nc1ccc(Oc2ccccc2)cc1. The molecule has 9 nitrogen and oxygen atoms in total. The molecule has 5 aromatic rings. The lowest BCUT2D eigenvalue weighted by atomic mass is 9.99. The van der Waals surface area contributed by atoms with Crippen LogP contribution in [-0.2, 0) is 29.2 Å². The minimum absolute atomic E-state index is 0.00838. The van der Waals surface area contributed by atoms with Gasteiger partial charge >= 0.3 is 6.03 Å². The minimum Gasteiger partial charge on any atom is -0.457 e. The molecule has 52 heavy (non-hydrogen) atoms. The fraction of sp³-hybridized carbons (Fsp3) is 0.279. The van der Waals surface area contributed by atoms with Crippen LogP contribution in [0.1, 0.15) is 46.6 Å². The first-order chi connectivity index (χ1) is 25.6. The number of nitrogens with one attached hydrogen (secondary N) is 2. The topological polar surface area (TPSA) is 95.5 Å². The van der Waals surface area contributed by atoms with Crippen LogP contribution in [0.3, 0.4) is 0 Å². The molecule has 0 bridgehead atoms. The first-order valence-corrected chi connectivity index (χ1v) is 18.0. The van der Waals surface area contributed by atoms with Crippen molar-refractivity contribution in [3.05, 3.63) is 161 Å². The summed E-state index contributed by atoms with van der Waals surface area (Å²) < 4.78 is 19.1. The third kappa shape index (κ3) is 9.85. The number of carbonyl (C=O) groups excluding carboxylic acids is 1. The maximum absolute atomic E-state index is 12.7. The monoisotopic (exact) mass is 698 g/mol. The number of para-hydroxylation sites is 1. The first kappa shape index (κ1) is 35.4. The van der Waals surface area contributed by atoms with Crippen molar-refractivity contribution in [2.75, 3.05) is 38.0 Å². The van der Waals surface area contributed by atoms with Gasteiger partial charge in [0.1, 0.15) is 11.5 Å². The van der Waals surface area contributed by atoms with E-state index in [9.17, 15) is 9.90 Å². The summed E-state index contributed by atoms with van der Waals surface area (Å²) in [6, 6.07) is 43.2. The highest BCUT2D eigenvalue weighted by Crippen LogP contribution is 2.38. The number of piperazine rings is 1. The fourth-order valence-corrected chi connectivity index (χ4v) is 6.67. The summed E-state index contributed by atoms with van der Waals surface area (Å²) in [5, 5.41) is 15.4. The van der Waals surface area contributed by atoms with Crippen molar-refractivity contribution in [2.24, 2.45) is 0 Å². The van der Waals surface area contributed by atoms with E-state index in [0.29, 0.717) is 18.0 Å². The zero-order valence-electron chi connectivity index (χ0n) is 29.3. The van der Waals surface area contributed by atoms with E-state index in [2.05, 4.69) is 50.8 Å². The number of nitrogens with zero attached hydrogens (tertiary/aromatic N) is 2. The number of hydrogen-bond donors (Lipinski definition) is 3. The molecule has 3 N–H and O–H groups in total. The molecule has 5 aromatic carbocycles. The van der Waals surface area contributed by atoms with Gasteiger partial charge in [0.15, 0.2) is 6.29 Å². The van der Waals surface area contributed by atoms with Gasteiger partial charge < -0.3 is 30.0 Å². The molecular weight excluding hydrogens is 652 g/mol. The molecule has 0 spiro atoms. The Bertz CT molecular complexity index is 1830. The van der Waals surface area contributed by atoms with Crippen molar-refractivity contribution >= 4 is 11.7 Å². The number of benzene rings is 5. The van der Waals surface area contributed by atoms with E-state index in [4.69, 9.17) is 14.2 Å². The Morgan fingerprint density at radius 3 is 1.98 bits per heavy atom. The van der Waals surface area contributed by atoms with Gasteiger partial charge in [-0.1, -0.05) is 97.1 Å². The van der Waals surface area contributed by atoms with Gasteiger partial charge in [-0.05, 0) is 58.7 Å². The summed E-state index contributed by atoms with van der Waals surface area (Å²) in [6.45, 7) is 6.24. The molecule has 3 atom stereocenters. The minimum atomic E-state index is -0.528. The van der Waals surface area contributed by atoms with Gasteiger partial charge in [-0.25, -0.2) is 4.79 Å². The number of aliphatic hydroxyl groups excluding tert-OH is 1. The summed E-state index contributed by atoms with van der Waals surface area (Å²) in [4.78, 5) is 17.7. The van der Waals surface area contributed by atoms with E-state index < -0.39 is 6.29 Å². The molecule has 9 heteroatoms. The summed E-state index contributed by atoms with van der Waals surface area (Å²) in [7, 11) is 0. The van der Waals surface area contributed by atoms with E-state index in [-0.39, 0.29) is 24.8 Å². The molecule has 2 fully saturated rings. The highest BCUT2D eigenvalue weighted by atomic mass is 16.7. The summed E-state index contributed by atoms with van der Waals surface area (Å²) >= 11 is 0. The largest absolute Gasteiger partial charge is 0.457 e. The molecule has 268 valence electrons. The average molecular weight is 699 g/mol. The Labute approximate surface area is 305 Å². The van der Waals surface area contributed by atoms with Crippen LogP contribution in [0.15, 0.2) is 133 Å². The Morgan fingerprint density at radius 2 is 1.29 bits per heavy atom. The number of amides is 2. The molecule has 2 heterocycles. The summed E-state index contributed by atoms with van der Waals surface area (Å²) in [5.74, 6) is 1.45. The molecule has 7 rings (SSSR count). The van der Waals surface area contributed by atoms with Crippen LogP contribution >= 0.6 is 0 Å². The van der Waals surface area contributed by atoms with E-state index in [1.54, 1.807) is 0 Å². The van der Waals surface area contributed by atoms with Crippen LogP contribution in [0.25, 0.3) is 0 Å². The summed E-state index contributed by atoms with van der Waals surface area (Å²) in [5.41, 5.74) is 5.87. The molecular formula is C43H46N4O5. The van der Waals surface area contributed by atoms with E-state index in [0.717, 1.165) is 73.7 Å². The number of rotatable bonds is 12. The fourth-order valence-electron chi connectivity index (χ4n) is 6.67. The van der Waals surface area contributed by atoms with Crippen LogP contribution in [0.5, 0.6) is 11.5 Å². The number of aliphatic hydroxyl groups is 1. The van der Waals surface area contributed by atoms with E-state index >= 15 is 0 Å². The zero-order chi connectivity index (χ0) is 35.5. The molecule has 2 aliphatic heterocycles. The van der Waals surface area contributed by atoms with Crippen molar-refractivity contribution in [1.82, 2.24) is 15.1 Å². The standard InChI is InChI=1S/C43H46N4O5/c48-31-34-13-15-35(16-14-34)41-27-40(30-47-25-23-46(24-26-47)29-33-7-3-1-4-8-33)51-42(52-41)36-17-11-32(12-18-36)28-44-43(49)45-37-19-21-39(22-20-37)50-38-9-5-2-6-10-38/h1-22,40-42,48H,23-31H2,(H2,44,45,49)/t40-,41+,42+/m0/s1. The number of urea groups is 1. The molecule has 0 aromatic heterocycles. The second-order valence-electron chi connectivity index (χ2n) is 13.4. The quantitative estimate of drug-likeness (QED) is 0.123. The lowest BCUT2D eigenvalue weighted by Crippen LogP contribution is -2.49. The summed E-state index contributed by atoms with van der Waals surface area (Å²) in [6.07, 6.45) is 0.0737. The van der Waals surface area contributed by atoms with Crippen LogP contribution in [0.2, 0.25) is 0 Å². The molecule has 0 radical (unpaired) electrons. The molecule has 0 aliphatic carbocycles. The van der Waals surface area contributed by atoms with Gasteiger partial charge in [0.25, 0.3) is 0 Å². The highest BCUT2D eigenvalue weighted by Gasteiger charge is 2.33. The number of ether oxygens (including phenoxy) is 3. The number of anilines is 1. The second-order valence-corrected chi connectivity index (χ2v) is 13.4. The van der Waals surface area contributed by atoms with Crippen LogP contribution in [-0.4, -0.2) is 59.8 Å². The molecule has 2 aliphatic rings. The first-order valence-electron chi connectivity index (χ1n) is 18.0. The zero-order valence-corrected chi connectivity index (χ0v) is 29.3. The lowest BCUT2D eigenvalue weighted by Gasteiger charge is -2.40. The van der Waals surface area contributed by atoms with Gasteiger partial charge in [-0.2, -0.15) is 0 Å². The van der Waals surface area contributed by atoms with Crippen molar-refractivity contribution in [1.29, 1.82) is 0 Å². The maximum atomic E-state index is 12.7. The molecule has 2 amide bonds. The molecule has 0 unspecified atom stereocenters.